The second-order valence-corrected chi connectivity index (χ2v) is 22.4. The number of benzene rings is 2. The summed E-state index contributed by atoms with van der Waals surface area (Å²) in [7, 11) is -12.4. The van der Waals surface area contributed by atoms with Crippen molar-refractivity contribution in [2.45, 2.75) is 75.0 Å². The molecule has 1 aromatic rings. The Labute approximate surface area is 500 Å². The molecule has 1 atom stereocenters. The first-order valence-corrected chi connectivity index (χ1v) is 29.4. The number of ether oxygens (including phenoxy) is 6. The van der Waals surface area contributed by atoms with Gasteiger partial charge in [-0.25, -0.2) is 34.6 Å². The fraction of sp³-hybridized carbons (Fsp3) is 0.560. The molecule has 28 heteroatoms. The van der Waals surface area contributed by atoms with Crippen LogP contribution in [-0.2, 0) is 83.4 Å². The zero-order valence-electron chi connectivity index (χ0n) is 44.8. The quantitative estimate of drug-likeness (QED) is 0.0183. The number of carbonyl (C=O) groups is 3. The van der Waals surface area contributed by atoms with Crippen molar-refractivity contribution >= 4 is 59.9 Å². The molecule has 1 unspecified atom stereocenters. The Hall–Kier alpha value is -2.97. The maximum absolute atomic E-state index is 12.5. The number of fused-ring (bicyclic) bond motifs is 2. The number of hydroxylamine groups is 2. The minimum Gasteiger partial charge on any atom is -0.748 e. The molecule has 78 heavy (non-hydrogen) atoms. The van der Waals surface area contributed by atoms with E-state index in [4.69, 9.17) is 37.7 Å². The number of unbranched alkanes of at least 4 members (excludes halogenated alkanes) is 2. The Morgan fingerprint density at radius 2 is 1.31 bits per heavy atom. The normalized spacial score (nSPS) is 16.8. The van der Waals surface area contributed by atoms with E-state index < -0.39 is 70.0 Å². The van der Waals surface area contributed by atoms with Gasteiger partial charge in [0, 0.05) is 79.3 Å². The van der Waals surface area contributed by atoms with Crippen molar-refractivity contribution in [1.82, 2.24) is 9.64 Å². The summed E-state index contributed by atoms with van der Waals surface area (Å²) in [5.74, 6) is -2.70. The third-order valence-electron chi connectivity index (χ3n) is 12.4. The average Bonchev–Trinajstić information content (AvgIpc) is 3.79. The molecule has 5 rings (SSSR count). The Kier molecular flexibility index (Phi) is 30.6. The summed E-state index contributed by atoms with van der Waals surface area (Å²) in [6, 6.07) is 11.1. The first-order chi connectivity index (χ1) is 36.2. The van der Waals surface area contributed by atoms with Crippen molar-refractivity contribution in [2.75, 3.05) is 116 Å². The third-order valence-corrected chi connectivity index (χ3v) is 14.8. The number of carbonyl (C=O) groups excluding carboxylic acids is 3. The number of hydrogen-bond donors (Lipinski definition) is 0. The van der Waals surface area contributed by atoms with Crippen molar-refractivity contribution in [3.8, 4) is 11.3 Å². The van der Waals surface area contributed by atoms with Gasteiger partial charge >= 0.3 is 65.1 Å². The van der Waals surface area contributed by atoms with Crippen molar-refractivity contribution < 1.29 is 150 Å². The Balaban J connectivity index is 0.00000800. The van der Waals surface area contributed by atoms with Gasteiger partial charge in [-0.1, -0.05) is 18.6 Å². The minimum atomic E-state index is -4.92. The molecule has 422 valence electrons. The second kappa shape index (κ2) is 34.5. The van der Waals surface area contributed by atoms with E-state index in [2.05, 4.69) is 0 Å². The molecule has 0 spiro atoms. The largest absolute Gasteiger partial charge is 1.00 e. The van der Waals surface area contributed by atoms with E-state index in [0.717, 1.165) is 0 Å². The Morgan fingerprint density at radius 1 is 0.718 bits per heavy atom. The third kappa shape index (κ3) is 23.1. The van der Waals surface area contributed by atoms with E-state index in [-0.39, 0.29) is 117 Å². The smallest absolute Gasteiger partial charge is 0.748 e. The van der Waals surface area contributed by atoms with Crippen LogP contribution in [0.25, 0.3) is 17.4 Å². The first kappa shape index (κ1) is 69.3. The second-order valence-electron chi connectivity index (χ2n) is 18.0. The van der Waals surface area contributed by atoms with Crippen LogP contribution in [0.15, 0.2) is 75.9 Å². The van der Waals surface area contributed by atoms with Crippen LogP contribution in [0.4, 0.5) is 5.69 Å². The molecule has 23 nitrogen and oxygen atoms in total. The minimum absolute atomic E-state index is 0. The summed E-state index contributed by atoms with van der Waals surface area (Å²) >= 11 is 0. The summed E-state index contributed by atoms with van der Waals surface area (Å²) < 4.78 is 147. The van der Waals surface area contributed by atoms with E-state index >= 15 is 0 Å². The maximum atomic E-state index is 12.5. The molecule has 0 saturated carbocycles. The number of rotatable bonds is 36. The van der Waals surface area contributed by atoms with E-state index in [9.17, 15) is 53.3 Å². The molecule has 3 aliphatic heterocycles. The zero-order valence-corrected chi connectivity index (χ0v) is 51.2. The average molecular weight is 1170 g/mol. The molecule has 4 aliphatic rings. The van der Waals surface area contributed by atoms with Gasteiger partial charge in [0.25, 0.3) is 11.8 Å². The number of anilines is 1. The van der Waals surface area contributed by atoms with Crippen LogP contribution in [0, 0.1) is 0 Å². The molecule has 2 amide bonds. The van der Waals surface area contributed by atoms with Gasteiger partial charge in [0.1, 0.15) is 29.0 Å². The van der Waals surface area contributed by atoms with Gasteiger partial charge in [0.05, 0.1) is 104 Å². The molecule has 1 fully saturated rings. The summed E-state index contributed by atoms with van der Waals surface area (Å²) in [6.45, 7) is 7.05. The molecule has 1 aromatic carbocycles. The summed E-state index contributed by atoms with van der Waals surface area (Å²) in [5, 5.41) is 1.16. The van der Waals surface area contributed by atoms with Gasteiger partial charge in [0.2, 0.25) is 5.36 Å². The van der Waals surface area contributed by atoms with Gasteiger partial charge in [-0.3, -0.25) is 9.59 Å². The predicted molar refractivity (Wildman–Crippen MR) is 271 cm³/mol. The SMILES string of the molecule is COCCOCCOCCOCCOCCOCC[N+](CCCS(=O)(=O)[O-])=c1ccc2c(/C=C/C=C3/N(CCCCCC(=O)ON4C(=O)CCC4=O)c4ccc(S(=O)(=O)[O-])cc4C3(C)CCCS(=O)(=O)[O-])ccoc-2c1.[Na+].[Na+]. The van der Waals surface area contributed by atoms with Crippen LogP contribution in [-0.4, -0.2) is 173 Å². The van der Waals surface area contributed by atoms with E-state index in [1.165, 1.54) is 24.5 Å². The fourth-order valence-electron chi connectivity index (χ4n) is 8.62. The van der Waals surface area contributed by atoms with Gasteiger partial charge in [-0.2, -0.15) is 0 Å². The fourth-order valence-corrected chi connectivity index (χ4v) is 10.1. The van der Waals surface area contributed by atoms with Crippen molar-refractivity contribution in [1.29, 1.82) is 0 Å². The summed E-state index contributed by atoms with van der Waals surface area (Å²) in [6.07, 6.45) is 8.02. The van der Waals surface area contributed by atoms with Crippen molar-refractivity contribution in [2.24, 2.45) is 0 Å². The van der Waals surface area contributed by atoms with E-state index in [1.807, 2.05) is 21.6 Å². The van der Waals surface area contributed by atoms with E-state index in [0.29, 0.717) is 136 Å². The summed E-state index contributed by atoms with van der Waals surface area (Å²) in [4.78, 5) is 42.7. The molecular formula is C50H67N3Na2O20S3. The van der Waals surface area contributed by atoms with Crippen LogP contribution < -0.4 is 73.9 Å². The predicted octanol–water partition coefficient (Wildman–Crippen LogP) is -3.10. The van der Waals surface area contributed by atoms with Crippen LogP contribution in [0.2, 0.25) is 0 Å². The zero-order chi connectivity index (χ0) is 55.2. The first-order valence-electron chi connectivity index (χ1n) is 24.9. The monoisotopic (exact) mass is 1170 g/mol. The van der Waals surface area contributed by atoms with Crippen LogP contribution in [0.3, 0.4) is 0 Å². The van der Waals surface area contributed by atoms with Gasteiger partial charge < -0.3 is 56.2 Å². The van der Waals surface area contributed by atoms with Gasteiger partial charge in [-0.05, 0) is 80.1 Å². The van der Waals surface area contributed by atoms with E-state index in [1.54, 1.807) is 44.4 Å². The number of amides is 2. The molecule has 0 bridgehead atoms. The molecule has 0 radical (unpaired) electrons. The molecule has 1 aliphatic carbocycles. The van der Waals surface area contributed by atoms with Crippen molar-refractivity contribution in [3.05, 3.63) is 83.1 Å². The standard InChI is InChI=1S/C50H69N3O20S3.2Na/c1-50(19-7-35-74(57,58)59)43-38-41(76(63,64)65)13-15-44(43)52(21-5-3-4-11-49(56)73-53-47(54)16-17-48(53)55)46(50)10-6-9-39-18-23-72-45-37-40(12-14-42(39)45)51(20-8-36-75(60,61)62)22-24-67-27-28-69-31-32-71-34-33-70-30-29-68-26-25-66-2;;/h6,9-10,12-15,18,23,37-38H,3-5,7-8,11,16-17,19-22,24-36H2,1-2H3,(H2-,57,58,59,60,61,62,63,64,65);;/q;2*+1/p-2. The molecule has 0 N–H and O–H groups in total. The van der Waals surface area contributed by atoms with Crippen molar-refractivity contribution in [3.63, 3.8) is 0 Å². The van der Waals surface area contributed by atoms with Crippen LogP contribution in [0.5, 0.6) is 0 Å². The number of allylic oxidation sites excluding steroid dienone is 3. The van der Waals surface area contributed by atoms with Crippen LogP contribution in [0.1, 0.15) is 75.8 Å². The van der Waals surface area contributed by atoms with Gasteiger partial charge in [-0.15, -0.1) is 5.06 Å². The topological polar surface area (TPSA) is 310 Å². The number of imide groups is 1. The number of methoxy groups -OCH3 is 1. The van der Waals surface area contributed by atoms with Gasteiger partial charge in [0.15, 0.2) is 6.54 Å². The molecule has 0 aromatic heterocycles. The molecule has 3 heterocycles. The molecule has 1 saturated heterocycles. The number of nitrogens with zero attached hydrogens (tertiary/aromatic N) is 3. The van der Waals surface area contributed by atoms with Crippen LogP contribution >= 0.6 is 0 Å². The molecular weight excluding hydrogens is 1100 g/mol. The number of hydrogen-bond acceptors (Lipinski definition) is 21. The maximum Gasteiger partial charge on any atom is 1.00 e. The Morgan fingerprint density at radius 3 is 1.90 bits per heavy atom. The summed E-state index contributed by atoms with van der Waals surface area (Å²) in [5.41, 5.74) is 1.87. The Bertz CT molecular complexity index is 2850.